The molecule has 3 aromatic carbocycles. The minimum absolute atomic E-state index is 0.214. The van der Waals surface area contributed by atoms with Crippen LogP contribution >= 0.6 is 34.8 Å². The normalized spacial score (nSPS) is 11.3. The smallest absolute Gasteiger partial charge is 0.338 e. The highest BCUT2D eigenvalue weighted by Gasteiger charge is 2.27. The van der Waals surface area contributed by atoms with Crippen LogP contribution in [-0.2, 0) is 21.8 Å². The molecule has 0 aliphatic carbocycles. The van der Waals surface area contributed by atoms with Gasteiger partial charge in [-0.2, -0.15) is 0 Å². The van der Waals surface area contributed by atoms with E-state index in [1.807, 2.05) is 0 Å². The van der Waals surface area contributed by atoms with E-state index in [-0.39, 0.29) is 26.9 Å². The summed E-state index contributed by atoms with van der Waals surface area (Å²) in [4.78, 5) is 37.7. The molecule has 0 spiro atoms. The van der Waals surface area contributed by atoms with Crippen LogP contribution in [-0.4, -0.2) is 36.1 Å². The summed E-state index contributed by atoms with van der Waals surface area (Å²) in [5.41, 5.74) is -0.0244. The van der Waals surface area contributed by atoms with Gasteiger partial charge in [0.25, 0.3) is 15.6 Å². The summed E-state index contributed by atoms with van der Waals surface area (Å²) in [5, 5.41) is -0.282. The van der Waals surface area contributed by atoms with E-state index in [9.17, 15) is 22.8 Å². The minimum Gasteiger partial charge on any atom is -0.454 e. The number of hydrogen-bond donors (Lipinski definition) is 1. The second-order valence-electron chi connectivity index (χ2n) is 8.32. The van der Waals surface area contributed by atoms with Crippen LogP contribution in [0.25, 0.3) is 5.69 Å². The van der Waals surface area contributed by atoms with Crippen molar-refractivity contribution in [1.82, 2.24) is 9.36 Å². The molecule has 0 fully saturated rings. The van der Waals surface area contributed by atoms with Crippen molar-refractivity contribution in [3.05, 3.63) is 109 Å². The standard InChI is InChI=1S/C26H20Cl3N3O6S/c1-15-24(25(34)32(31(15)2)19-9-4-3-5-10-19)30-39(36,37)22-13-17(12-20(28)23(22)29)26(35)38-14-21(33)16-7-6-8-18(27)11-16/h3-13,30H,14H2,1-2H3. The summed E-state index contributed by atoms with van der Waals surface area (Å²) in [6.07, 6.45) is 0. The van der Waals surface area contributed by atoms with E-state index < -0.39 is 38.8 Å². The topological polar surface area (TPSA) is 116 Å². The maximum Gasteiger partial charge on any atom is 0.338 e. The molecular weight excluding hydrogens is 589 g/mol. The van der Waals surface area contributed by atoms with Gasteiger partial charge in [0.2, 0.25) is 0 Å². The lowest BCUT2D eigenvalue weighted by molar-refractivity contribution is 0.0474. The Bertz CT molecular complexity index is 1770. The molecule has 0 saturated heterocycles. The molecule has 0 aliphatic rings. The fraction of sp³-hybridized carbons (Fsp3) is 0.115. The number of anilines is 1. The molecule has 1 aromatic heterocycles. The Morgan fingerprint density at radius 1 is 0.949 bits per heavy atom. The number of ether oxygens (including phenoxy) is 1. The first-order chi connectivity index (χ1) is 18.4. The largest absolute Gasteiger partial charge is 0.454 e. The van der Waals surface area contributed by atoms with E-state index in [4.69, 9.17) is 39.5 Å². The van der Waals surface area contributed by atoms with Crippen molar-refractivity contribution >= 4 is 62.3 Å². The SMILES string of the molecule is Cc1c(NS(=O)(=O)c2cc(C(=O)OCC(=O)c3cccc(Cl)c3)cc(Cl)c2Cl)c(=O)n(-c2ccccc2)n1C. The van der Waals surface area contributed by atoms with Crippen molar-refractivity contribution in [3.8, 4) is 5.69 Å². The maximum atomic E-state index is 13.4. The lowest BCUT2D eigenvalue weighted by Crippen LogP contribution is -2.23. The van der Waals surface area contributed by atoms with Gasteiger partial charge in [0, 0.05) is 17.6 Å². The quantitative estimate of drug-likeness (QED) is 0.215. The fourth-order valence-corrected chi connectivity index (χ4v) is 5.83. The molecule has 0 amide bonds. The Morgan fingerprint density at radius 3 is 2.31 bits per heavy atom. The predicted molar refractivity (Wildman–Crippen MR) is 149 cm³/mol. The number of hydrogen-bond acceptors (Lipinski definition) is 6. The molecule has 9 nitrogen and oxygen atoms in total. The van der Waals surface area contributed by atoms with E-state index in [0.29, 0.717) is 16.4 Å². The van der Waals surface area contributed by atoms with Gasteiger partial charge in [0.15, 0.2) is 12.4 Å². The Labute approximate surface area is 238 Å². The van der Waals surface area contributed by atoms with E-state index >= 15 is 0 Å². The first kappa shape index (κ1) is 28.4. The van der Waals surface area contributed by atoms with Gasteiger partial charge < -0.3 is 4.74 Å². The highest BCUT2D eigenvalue weighted by molar-refractivity contribution is 7.92. The van der Waals surface area contributed by atoms with Gasteiger partial charge in [-0.15, -0.1) is 0 Å². The summed E-state index contributed by atoms with van der Waals surface area (Å²) in [6, 6.07) is 16.8. The molecule has 39 heavy (non-hydrogen) atoms. The number of carbonyl (C=O) groups excluding carboxylic acids is 2. The second-order valence-corrected chi connectivity index (χ2v) is 11.2. The van der Waals surface area contributed by atoms with E-state index in [1.165, 1.54) is 21.5 Å². The second kappa shape index (κ2) is 11.3. The number of benzene rings is 3. The summed E-state index contributed by atoms with van der Waals surface area (Å²) in [7, 11) is -2.91. The lowest BCUT2D eigenvalue weighted by atomic mass is 10.1. The number of sulfonamides is 1. The van der Waals surface area contributed by atoms with Gasteiger partial charge in [0.05, 0.1) is 27.0 Å². The number of nitrogens with one attached hydrogen (secondary N) is 1. The predicted octanol–water partition coefficient (Wildman–Crippen LogP) is 5.29. The molecule has 0 bridgehead atoms. The minimum atomic E-state index is -4.51. The molecule has 0 radical (unpaired) electrons. The Morgan fingerprint density at radius 2 is 1.64 bits per heavy atom. The van der Waals surface area contributed by atoms with Crippen LogP contribution in [0.3, 0.4) is 0 Å². The highest BCUT2D eigenvalue weighted by atomic mass is 35.5. The zero-order valence-corrected chi connectivity index (χ0v) is 23.5. The average molecular weight is 609 g/mol. The van der Waals surface area contributed by atoms with Crippen LogP contribution in [0, 0.1) is 6.92 Å². The van der Waals surface area contributed by atoms with E-state index in [0.717, 1.165) is 12.1 Å². The number of halogens is 3. The van der Waals surface area contributed by atoms with Gasteiger partial charge in [-0.3, -0.25) is 19.0 Å². The van der Waals surface area contributed by atoms with Crippen LogP contribution in [0.5, 0.6) is 0 Å². The van der Waals surface area contributed by atoms with Gasteiger partial charge in [-0.05, 0) is 43.3 Å². The zero-order valence-electron chi connectivity index (χ0n) is 20.4. The zero-order chi connectivity index (χ0) is 28.5. The van der Waals surface area contributed by atoms with Crippen LogP contribution in [0.15, 0.2) is 76.4 Å². The summed E-state index contributed by atoms with van der Waals surface area (Å²) in [6.45, 7) is 0.944. The van der Waals surface area contributed by atoms with Gasteiger partial charge in [0.1, 0.15) is 10.6 Å². The number of ketones is 1. The first-order valence-corrected chi connectivity index (χ1v) is 13.8. The summed E-state index contributed by atoms with van der Waals surface area (Å²) in [5.74, 6) is -1.53. The van der Waals surface area contributed by atoms with Crippen LogP contribution in [0.1, 0.15) is 26.4 Å². The molecule has 13 heteroatoms. The van der Waals surface area contributed by atoms with Crippen molar-refractivity contribution in [3.63, 3.8) is 0 Å². The van der Waals surface area contributed by atoms with E-state index in [2.05, 4.69) is 4.72 Å². The highest BCUT2D eigenvalue weighted by Crippen LogP contribution is 2.32. The molecule has 0 unspecified atom stereocenters. The summed E-state index contributed by atoms with van der Waals surface area (Å²) >= 11 is 18.2. The van der Waals surface area contributed by atoms with Gasteiger partial charge in [-0.1, -0.05) is 65.1 Å². The third kappa shape index (κ3) is 5.89. The number of rotatable bonds is 8. The molecule has 4 aromatic rings. The van der Waals surface area contributed by atoms with Crippen molar-refractivity contribution in [2.75, 3.05) is 11.3 Å². The number of nitrogens with zero attached hydrogens (tertiary/aromatic N) is 2. The number of aromatic nitrogens is 2. The van der Waals surface area contributed by atoms with Gasteiger partial charge >= 0.3 is 5.97 Å². The number of carbonyl (C=O) groups is 2. The molecule has 202 valence electrons. The third-order valence-corrected chi connectivity index (χ3v) is 8.31. The molecule has 1 heterocycles. The van der Waals surface area contributed by atoms with Crippen LogP contribution in [0.2, 0.25) is 15.1 Å². The first-order valence-electron chi connectivity index (χ1n) is 11.2. The maximum absolute atomic E-state index is 13.4. The Kier molecular flexibility index (Phi) is 8.22. The lowest BCUT2D eigenvalue weighted by Gasteiger charge is -2.12. The van der Waals surface area contributed by atoms with Gasteiger partial charge in [-0.25, -0.2) is 17.9 Å². The molecule has 0 atom stereocenters. The van der Waals surface area contributed by atoms with Crippen molar-refractivity contribution in [2.24, 2.45) is 7.05 Å². The molecule has 4 rings (SSSR count). The Hall–Kier alpha value is -3.57. The number of esters is 1. The number of para-hydroxylation sites is 1. The Balaban J connectivity index is 1.63. The van der Waals surface area contributed by atoms with Crippen molar-refractivity contribution < 1.29 is 22.7 Å². The molecule has 0 saturated carbocycles. The number of Topliss-reactive ketones (excluding diaryl/α,β-unsaturated/α-hetero) is 1. The average Bonchev–Trinajstić information content (AvgIpc) is 3.11. The van der Waals surface area contributed by atoms with Crippen LogP contribution < -0.4 is 10.3 Å². The van der Waals surface area contributed by atoms with Crippen LogP contribution in [0.4, 0.5) is 5.69 Å². The third-order valence-electron chi connectivity index (χ3n) is 5.79. The monoisotopic (exact) mass is 607 g/mol. The van der Waals surface area contributed by atoms with Crippen molar-refractivity contribution in [1.29, 1.82) is 0 Å². The molecular formula is C26H20Cl3N3O6S. The molecule has 0 aliphatic heterocycles. The van der Waals surface area contributed by atoms with Crippen molar-refractivity contribution in [2.45, 2.75) is 11.8 Å². The molecule has 1 N–H and O–H groups in total. The fourth-order valence-electron chi connectivity index (χ4n) is 3.71. The summed E-state index contributed by atoms with van der Waals surface area (Å²) < 4.78 is 36.9. The van der Waals surface area contributed by atoms with E-state index in [1.54, 1.807) is 56.4 Å².